The second-order valence-corrected chi connectivity index (χ2v) is 14.9. The van der Waals surface area contributed by atoms with Gasteiger partial charge in [-0.1, -0.05) is 67.0 Å². The normalized spacial score (nSPS) is 54.3. The first-order valence-corrected chi connectivity index (χ1v) is 14.1. The van der Waals surface area contributed by atoms with Crippen LogP contribution in [0.5, 0.6) is 0 Å². The van der Waals surface area contributed by atoms with Crippen molar-refractivity contribution in [2.45, 2.75) is 119 Å². The average Bonchev–Trinajstić information content (AvgIpc) is 3.08. The van der Waals surface area contributed by atoms with Gasteiger partial charge in [0, 0.05) is 7.11 Å². The molecule has 5 aliphatic carbocycles. The molecule has 0 aromatic heterocycles. The van der Waals surface area contributed by atoms with Gasteiger partial charge in [-0.05, 0) is 114 Å². The molecule has 0 aromatic carbocycles. The van der Waals surface area contributed by atoms with Crippen LogP contribution in [-0.2, 0) is 4.74 Å². The van der Waals surface area contributed by atoms with E-state index in [0.29, 0.717) is 27.8 Å². The molecule has 4 saturated carbocycles. The maximum atomic E-state index is 6.03. The van der Waals surface area contributed by atoms with Gasteiger partial charge in [0.15, 0.2) is 0 Å². The van der Waals surface area contributed by atoms with E-state index in [4.69, 9.17) is 4.74 Å². The van der Waals surface area contributed by atoms with Gasteiger partial charge in [-0.2, -0.15) is 0 Å². The zero-order valence-corrected chi connectivity index (χ0v) is 22.8. The van der Waals surface area contributed by atoms with Crippen molar-refractivity contribution in [2.24, 2.45) is 56.7 Å². The van der Waals surface area contributed by atoms with Crippen molar-refractivity contribution in [3.8, 4) is 0 Å². The number of rotatable bonds is 2. The van der Waals surface area contributed by atoms with Crippen LogP contribution in [0.3, 0.4) is 0 Å². The maximum Gasteiger partial charge on any atom is 0.0625 e. The quantitative estimate of drug-likeness (QED) is 0.390. The van der Waals surface area contributed by atoms with Crippen LogP contribution >= 0.6 is 0 Å². The number of ether oxygens (including phenoxy) is 1. The molecule has 0 aromatic rings. The molecule has 0 aliphatic heterocycles. The standard InChI is InChI=1S/C31H52O/c1-20(2)21-10-13-25-29(21,6)18-19-30(7)23-11-12-24-27(3,4)26(32-9)15-16-28(24,5)22(23)14-17-31(25,30)8/h14,20-21,23-26H,10-13,15-19H2,1-9H3/t21-,23+,24+,25-,26+,28-,29-,30-,31+/m1/s1. The molecule has 4 fully saturated rings. The van der Waals surface area contributed by atoms with Crippen LogP contribution in [0.4, 0.5) is 0 Å². The maximum absolute atomic E-state index is 6.03. The summed E-state index contributed by atoms with van der Waals surface area (Å²) < 4.78 is 6.03. The minimum Gasteiger partial charge on any atom is -0.381 e. The van der Waals surface area contributed by atoms with Gasteiger partial charge in [-0.25, -0.2) is 0 Å². The monoisotopic (exact) mass is 440 g/mol. The number of hydrogen-bond donors (Lipinski definition) is 0. The van der Waals surface area contributed by atoms with Crippen molar-refractivity contribution in [1.29, 1.82) is 0 Å². The van der Waals surface area contributed by atoms with Crippen molar-refractivity contribution in [2.75, 3.05) is 7.11 Å². The molecule has 1 nitrogen and oxygen atoms in total. The fourth-order valence-electron chi connectivity index (χ4n) is 11.7. The summed E-state index contributed by atoms with van der Waals surface area (Å²) >= 11 is 0. The van der Waals surface area contributed by atoms with E-state index in [-0.39, 0.29) is 5.41 Å². The number of hydrogen-bond acceptors (Lipinski definition) is 1. The summed E-state index contributed by atoms with van der Waals surface area (Å²) in [7, 11) is 1.94. The van der Waals surface area contributed by atoms with Crippen molar-refractivity contribution in [1.82, 2.24) is 0 Å². The SMILES string of the molecule is CO[C@H]1CC[C@]2(C)C3=CC[C@@]4(C)[C@@H]5CC[C@H](C(C)C)[C@@]5(C)CC[C@]4(C)[C@H]3CC[C@H]2C1(C)C. The molecular formula is C31H52O. The first-order valence-electron chi connectivity index (χ1n) is 14.1. The van der Waals surface area contributed by atoms with Gasteiger partial charge in [0.25, 0.3) is 0 Å². The Balaban J connectivity index is 1.54. The van der Waals surface area contributed by atoms with Gasteiger partial charge in [-0.15, -0.1) is 0 Å². The zero-order chi connectivity index (χ0) is 23.3. The Labute approximate surface area is 199 Å². The van der Waals surface area contributed by atoms with Crippen molar-refractivity contribution < 1.29 is 4.74 Å². The highest BCUT2D eigenvalue weighted by atomic mass is 16.5. The number of methoxy groups -OCH3 is 1. The summed E-state index contributed by atoms with van der Waals surface area (Å²) in [5.74, 6) is 4.23. The number of fused-ring (bicyclic) bond motifs is 7. The summed E-state index contributed by atoms with van der Waals surface area (Å²) in [5, 5.41) is 0. The Hall–Kier alpha value is -0.300. The molecule has 5 rings (SSSR count). The van der Waals surface area contributed by atoms with Gasteiger partial charge in [0.05, 0.1) is 6.10 Å². The predicted molar refractivity (Wildman–Crippen MR) is 135 cm³/mol. The van der Waals surface area contributed by atoms with Gasteiger partial charge < -0.3 is 4.74 Å². The smallest absolute Gasteiger partial charge is 0.0625 e. The predicted octanol–water partition coefficient (Wildman–Crippen LogP) is 8.68. The van der Waals surface area contributed by atoms with Gasteiger partial charge in [0.1, 0.15) is 0 Å². The lowest BCUT2D eigenvalue weighted by atomic mass is 9.35. The second-order valence-electron chi connectivity index (χ2n) is 14.9. The van der Waals surface area contributed by atoms with Crippen LogP contribution in [-0.4, -0.2) is 13.2 Å². The van der Waals surface area contributed by atoms with Crippen LogP contribution in [0.2, 0.25) is 0 Å². The molecule has 182 valence electrons. The molecule has 0 unspecified atom stereocenters. The largest absolute Gasteiger partial charge is 0.381 e. The molecule has 0 N–H and O–H groups in total. The minimum absolute atomic E-state index is 0.274. The van der Waals surface area contributed by atoms with Crippen LogP contribution in [0.1, 0.15) is 113 Å². The van der Waals surface area contributed by atoms with E-state index >= 15 is 0 Å². The Morgan fingerprint density at radius 3 is 2.16 bits per heavy atom. The Bertz CT molecular complexity index is 792. The fraction of sp³-hybridized carbons (Fsp3) is 0.935. The lowest BCUT2D eigenvalue weighted by molar-refractivity contribution is -0.168. The van der Waals surface area contributed by atoms with E-state index in [2.05, 4.69) is 61.5 Å². The summed E-state index contributed by atoms with van der Waals surface area (Å²) in [4.78, 5) is 0. The highest BCUT2D eigenvalue weighted by molar-refractivity contribution is 5.33. The topological polar surface area (TPSA) is 9.23 Å². The Morgan fingerprint density at radius 2 is 1.50 bits per heavy atom. The van der Waals surface area contributed by atoms with Crippen molar-refractivity contribution in [3.63, 3.8) is 0 Å². The summed E-state index contributed by atoms with van der Waals surface area (Å²) in [6.07, 6.45) is 15.8. The Kier molecular flexibility index (Phi) is 5.21. The average molecular weight is 441 g/mol. The summed E-state index contributed by atoms with van der Waals surface area (Å²) in [5.41, 5.74) is 4.05. The van der Waals surface area contributed by atoms with Crippen molar-refractivity contribution in [3.05, 3.63) is 11.6 Å². The van der Waals surface area contributed by atoms with Gasteiger partial charge in [-0.3, -0.25) is 0 Å². The first kappa shape index (κ1) is 23.4. The first-order chi connectivity index (χ1) is 14.9. The molecule has 0 spiro atoms. The van der Waals surface area contributed by atoms with E-state index in [1.165, 1.54) is 57.8 Å². The lowest BCUT2D eigenvalue weighted by Gasteiger charge is -2.69. The van der Waals surface area contributed by atoms with E-state index < -0.39 is 0 Å². The molecule has 5 aliphatic rings. The highest BCUT2D eigenvalue weighted by Gasteiger charge is 2.68. The summed E-state index contributed by atoms with van der Waals surface area (Å²) in [6, 6.07) is 0. The van der Waals surface area contributed by atoms with Crippen LogP contribution in [0, 0.1) is 56.7 Å². The molecule has 32 heavy (non-hydrogen) atoms. The molecule has 0 heterocycles. The molecule has 0 bridgehead atoms. The molecule has 0 radical (unpaired) electrons. The van der Waals surface area contributed by atoms with E-state index in [1.807, 2.05) is 12.7 Å². The highest BCUT2D eigenvalue weighted by Crippen LogP contribution is 2.76. The van der Waals surface area contributed by atoms with Crippen LogP contribution in [0.15, 0.2) is 11.6 Å². The van der Waals surface area contributed by atoms with E-state index in [1.54, 1.807) is 0 Å². The third-order valence-corrected chi connectivity index (χ3v) is 13.5. The van der Waals surface area contributed by atoms with E-state index in [0.717, 1.165) is 29.6 Å². The van der Waals surface area contributed by atoms with Crippen molar-refractivity contribution >= 4 is 0 Å². The van der Waals surface area contributed by atoms with Crippen LogP contribution in [0.25, 0.3) is 0 Å². The lowest BCUT2D eigenvalue weighted by Crippen LogP contribution is -2.62. The third kappa shape index (κ3) is 2.67. The van der Waals surface area contributed by atoms with Crippen LogP contribution < -0.4 is 0 Å². The second kappa shape index (κ2) is 7.11. The van der Waals surface area contributed by atoms with Gasteiger partial charge >= 0.3 is 0 Å². The zero-order valence-electron chi connectivity index (χ0n) is 22.8. The van der Waals surface area contributed by atoms with E-state index in [9.17, 15) is 0 Å². The molecule has 0 amide bonds. The van der Waals surface area contributed by atoms with Gasteiger partial charge in [0.2, 0.25) is 0 Å². The Morgan fingerprint density at radius 1 is 0.812 bits per heavy atom. The molecule has 0 saturated heterocycles. The third-order valence-electron chi connectivity index (χ3n) is 13.5. The number of allylic oxidation sites excluding steroid dienone is 2. The molecular weight excluding hydrogens is 388 g/mol. The molecule has 9 atom stereocenters. The summed E-state index contributed by atoms with van der Waals surface area (Å²) in [6.45, 7) is 20.9. The minimum atomic E-state index is 0.274. The molecule has 1 heteroatoms. The fourth-order valence-corrected chi connectivity index (χ4v) is 11.7.